The maximum atomic E-state index is 5.67. The molecule has 0 bridgehead atoms. The minimum absolute atomic E-state index is 0.346. The third kappa shape index (κ3) is 4.22. The van der Waals surface area contributed by atoms with Crippen LogP contribution in [0.25, 0.3) is 22.1 Å². The average Bonchev–Trinajstić information content (AvgIpc) is 3.00. The first-order valence-corrected chi connectivity index (χ1v) is 10.3. The Hall–Kier alpha value is -3.00. The molecule has 2 heterocycles. The summed E-state index contributed by atoms with van der Waals surface area (Å²) in [6, 6.07) is 13.8. The molecule has 4 aromatic rings. The Morgan fingerprint density at radius 2 is 2.00 bits per heavy atom. The van der Waals surface area contributed by atoms with Crippen LogP contribution in [0.1, 0.15) is 25.3 Å². The lowest BCUT2D eigenvalue weighted by molar-refractivity contribution is 0.309. The number of aromatic nitrogens is 4. The van der Waals surface area contributed by atoms with E-state index in [4.69, 9.17) is 4.74 Å². The van der Waals surface area contributed by atoms with Crippen LogP contribution in [-0.4, -0.2) is 32.6 Å². The summed E-state index contributed by atoms with van der Waals surface area (Å²) in [6.45, 7) is 2.88. The van der Waals surface area contributed by atoms with Gasteiger partial charge in [-0.2, -0.15) is 10.1 Å². The van der Waals surface area contributed by atoms with Crippen LogP contribution in [0.15, 0.2) is 52.0 Å². The molecule has 2 aromatic heterocycles. The number of fused-ring (bicyclic) bond motifs is 3. The van der Waals surface area contributed by atoms with Crippen molar-refractivity contribution in [1.82, 2.24) is 19.7 Å². The van der Waals surface area contributed by atoms with E-state index in [9.17, 15) is 0 Å². The van der Waals surface area contributed by atoms with Gasteiger partial charge < -0.3 is 9.30 Å². The van der Waals surface area contributed by atoms with Crippen molar-refractivity contribution in [3.63, 3.8) is 0 Å². The number of hydrogen-bond donors (Lipinski definition) is 1. The second kappa shape index (κ2) is 8.57. The van der Waals surface area contributed by atoms with Gasteiger partial charge in [0.2, 0.25) is 0 Å². The Bertz CT molecular complexity index is 1170. The van der Waals surface area contributed by atoms with Crippen LogP contribution in [0.2, 0.25) is 0 Å². The van der Waals surface area contributed by atoms with E-state index in [1.165, 1.54) is 0 Å². The molecule has 2 aromatic carbocycles. The fourth-order valence-electron chi connectivity index (χ4n) is 3.03. The highest BCUT2D eigenvalue weighted by atomic mass is 79.9. The van der Waals surface area contributed by atoms with Crippen molar-refractivity contribution in [2.24, 2.45) is 12.1 Å². The van der Waals surface area contributed by atoms with Crippen LogP contribution in [0.4, 0.5) is 5.95 Å². The predicted octanol–water partition coefficient (Wildman–Crippen LogP) is 4.90. The Kier molecular flexibility index (Phi) is 5.71. The zero-order valence-electron chi connectivity index (χ0n) is 16.3. The van der Waals surface area contributed by atoms with Crippen LogP contribution >= 0.6 is 15.9 Å². The fourth-order valence-corrected chi connectivity index (χ4v) is 3.39. The zero-order chi connectivity index (χ0) is 20.2. The molecule has 29 heavy (non-hydrogen) atoms. The summed E-state index contributed by atoms with van der Waals surface area (Å²) in [7, 11) is 1.96. The molecule has 0 radical (unpaired) electrons. The molecule has 0 saturated heterocycles. The number of benzene rings is 2. The normalized spacial score (nSPS) is 11.6. The molecule has 0 saturated carbocycles. The van der Waals surface area contributed by atoms with Crippen molar-refractivity contribution >= 4 is 50.2 Å². The molecule has 0 fully saturated rings. The van der Waals surface area contributed by atoms with Gasteiger partial charge in [-0.05, 0) is 54.4 Å². The van der Waals surface area contributed by atoms with E-state index in [0.717, 1.165) is 57.3 Å². The summed E-state index contributed by atoms with van der Waals surface area (Å²) in [6.07, 6.45) is 3.89. The lowest BCUT2D eigenvalue weighted by Gasteiger charge is -2.04. The SMILES string of the molecule is CCCCOc1ccc(/C=N/Nc2nnc3c4cc(Br)ccc4n(C)c3n2)cc1. The van der Waals surface area contributed by atoms with Gasteiger partial charge in [0, 0.05) is 16.9 Å². The minimum Gasteiger partial charge on any atom is -0.494 e. The standard InChI is InChI=1S/C21H21BrN6O/c1-3-4-11-29-16-8-5-14(6-9-16)13-23-26-21-24-20-19(25-27-21)17-12-15(22)7-10-18(17)28(20)2/h5-10,12-13H,3-4,11H2,1-2H3,(H,24,26,27)/b23-13+. The van der Waals surface area contributed by atoms with Gasteiger partial charge in [-0.3, -0.25) is 0 Å². The molecule has 7 nitrogen and oxygen atoms in total. The molecule has 8 heteroatoms. The number of halogens is 1. The number of ether oxygens (including phenoxy) is 1. The second-order valence-corrected chi connectivity index (χ2v) is 7.58. The maximum absolute atomic E-state index is 5.67. The van der Waals surface area contributed by atoms with E-state index in [2.05, 4.69) is 48.6 Å². The average molecular weight is 453 g/mol. The van der Waals surface area contributed by atoms with Crippen molar-refractivity contribution < 1.29 is 4.74 Å². The summed E-state index contributed by atoms with van der Waals surface area (Å²) in [5.41, 5.74) is 6.36. The Balaban J connectivity index is 1.48. The summed E-state index contributed by atoms with van der Waals surface area (Å²) in [5, 5.41) is 13.7. The van der Waals surface area contributed by atoms with E-state index in [-0.39, 0.29) is 0 Å². The van der Waals surface area contributed by atoms with Crippen LogP contribution in [0.5, 0.6) is 5.75 Å². The minimum atomic E-state index is 0.346. The predicted molar refractivity (Wildman–Crippen MR) is 120 cm³/mol. The fraction of sp³-hybridized carbons (Fsp3) is 0.238. The smallest absolute Gasteiger partial charge is 0.265 e. The summed E-state index contributed by atoms with van der Waals surface area (Å²) < 4.78 is 8.66. The lowest BCUT2D eigenvalue weighted by Crippen LogP contribution is -2.01. The van der Waals surface area contributed by atoms with Crippen molar-refractivity contribution in [3.05, 3.63) is 52.5 Å². The van der Waals surface area contributed by atoms with E-state index in [1.807, 2.05) is 54.1 Å². The van der Waals surface area contributed by atoms with E-state index in [0.29, 0.717) is 5.95 Å². The molecule has 0 aliphatic heterocycles. The number of nitrogens with zero attached hydrogens (tertiary/aromatic N) is 5. The molecular weight excluding hydrogens is 432 g/mol. The number of nitrogens with one attached hydrogen (secondary N) is 1. The quantitative estimate of drug-likeness (QED) is 0.245. The molecule has 0 atom stereocenters. The van der Waals surface area contributed by atoms with Gasteiger partial charge in [-0.1, -0.05) is 29.3 Å². The van der Waals surface area contributed by atoms with Crippen molar-refractivity contribution in [3.8, 4) is 5.75 Å². The lowest BCUT2D eigenvalue weighted by atomic mass is 10.2. The molecule has 1 N–H and O–H groups in total. The van der Waals surface area contributed by atoms with Gasteiger partial charge in [-0.25, -0.2) is 5.43 Å². The largest absolute Gasteiger partial charge is 0.494 e. The van der Waals surface area contributed by atoms with Crippen molar-refractivity contribution in [2.75, 3.05) is 12.0 Å². The second-order valence-electron chi connectivity index (χ2n) is 6.67. The molecule has 0 unspecified atom stereocenters. The van der Waals surface area contributed by atoms with Crippen LogP contribution in [0, 0.1) is 0 Å². The molecule has 0 spiro atoms. The van der Waals surface area contributed by atoms with Gasteiger partial charge in [0.25, 0.3) is 5.95 Å². The maximum Gasteiger partial charge on any atom is 0.265 e. The molecule has 0 aliphatic rings. The molecule has 148 valence electrons. The highest BCUT2D eigenvalue weighted by Gasteiger charge is 2.12. The van der Waals surface area contributed by atoms with E-state index in [1.54, 1.807) is 6.21 Å². The monoisotopic (exact) mass is 452 g/mol. The number of rotatable bonds is 7. The molecule has 0 aliphatic carbocycles. The number of aryl methyl sites for hydroxylation is 1. The summed E-state index contributed by atoms with van der Waals surface area (Å²) in [5.74, 6) is 1.21. The Labute approximate surface area is 176 Å². The molecule has 4 rings (SSSR count). The van der Waals surface area contributed by atoms with Crippen LogP contribution in [-0.2, 0) is 7.05 Å². The van der Waals surface area contributed by atoms with Crippen LogP contribution in [0.3, 0.4) is 0 Å². The number of unbranched alkanes of at least 4 members (excludes halogenated alkanes) is 1. The number of anilines is 1. The van der Waals surface area contributed by atoms with E-state index >= 15 is 0 Å². The number of hydrogen-bond acceptors (Lipinski definition) is 6. The van der Waals surface area contributed by atoms with Gasteiger partial charge in [0.1, 0.15) is 11.3 Å². The Morgan fingerprint density at radius 3 is 2.79 bits per heavy atom. The Morgan fingerprint density at radius 1 is 1.17 bits per heavy atom. The van der Waals surface area contributed by atoms with Crippen molar-refractivity contribution in [1.29, 1.82) is 0 Å². The highest BCUT2D eigenvalue weighted by molar-refractivity contribution is 9.10. The summed E-state index contributed by atoms with van der Waals surface area (Å²) >= 11 is 3.50. The topological polar surface area (TPSA) is 77.2 Å². The first kappa shape index (κ1) is 19.3. The molecular formula is C21H21BrN6O. The van der Waals surface area contributed by atoms with Crippen LogP contribution < -0.4 is 10.2 Å². The van der Waals surface area contributed by atoms with Gasteiger partial charge in [0.15, 0.2) is 5.65 Å². The first-order chi connectivity index (χ1) is 14.2. The van der Waals surface area contributed by atoms with Gasteiger partial charge in [-0.15, -0.1) is 10.2 Å². The van der Waals surface area contributed by atoms with Gasteiger partial charge in [0.05, 0.1) is 18.3 Å². The zero-order valence-corrected chi connectivity index (χ0v) is 17.8. The first-order valence-electron chi connectivity index (χ1n) is 9.46. The van der Waals surface area contributed by atoms with Gasteiger partial charge >= 0.3 is 0 Å². The van der Waals surface area contributed by atoms with Crippen molar-refractivity contribution in [2.45, 2.75) is 19.8 Å². The summed E-state index contributed by atoms with van der Waals surface area (Å²) in [4.78, 5) is 4.56. The highest BCUT2D eigenvalue weighted by Crippen LogP contribution is 2.28. The van der Waals surface area contributed by atoms with E-state index < -0.39 is 0 Å². The molecule has 0 amide bonds. The third-order valence-electron chi connectivity index (χ3n) is 4.59. The number of hydrazone groups is 1. The third-order valence-corrected chi connectivity index (χ3v) is 5.08.